The third-order valence-corrected chi connectivity index (χ3v) is 8.56. The predicted molar refractivity (Wildman–Crippen MR) is 149 cm³/mol. The first-order valence-corrected chi connectivity index (χ1v) is 13.8. The summed E-state index contributed by atoms with van der Waals surface area (Å²) in [6.45, 7) is 0. The standard InChI is InChI=1S/C29H23N7OS/c37-29(15-2-1-3-15)33-19-8-17(11-30-13-19)18-9-22-27(35-36-28(22)32-12-18)26-21-10-20(21)24-23(34-26)4-6-31-25(24)16-5-7-38-14-16/h4-9,11-15,20,34H,1-3,10H2,(H,33,37)(H,32,35,36). The van der Waals surface area contributed by atoms with Crippen LogP contribution in [-0.4, -0.2) is 31.1 Å². The van der Waals surface area contributed by atoms with E-state index in [2.05, 4.69) is 59.8 Å². The molecular formula is C29H23N7OS. The molecule has 186 valence electrons. The normalized spacial score (nSPS) is 17.9. The third kappa shape index (κ3) is 3.46. The molecule has 0 aromatic carbocycles. The summed E-state index contributed by atoms with van der Waals surface area (Å²) in [6.07, 6.45) is 11.2. The number of aromatic nitrogens is 5. The maximum absolute atomic E-state index is 12.4. The summed E-state index contributed by atoms with van der Waals surface area (Å²) < 4.78 is 0. The highest BCUT2D eigenvalue weighted by atomic mass is 32.1. The van der Waals surface area contributed by atoms with Gasteiger partial charge < -0.3 is 10.6 Å². The maximum Gasteiger partial charge on any atom is 0.227 e. The number of hydrogen-bond donors (Lipinski definition) is 3. The van der Waals surface area contributed by atoms with Crippen LogP contribution in [0.15, 0.2) is 65.4 Å². The van der Waals surface area contributed by atoms with Gasteiger partial charge in [-0.1, -0.05) is 6.42 Å². The first kappa shape index (κ1) is 21.7. The molecule has 5 aromatic rings. The second-order valence-corrected chi connectivity index (χ2v) is 11.0. The van der Waals surface area contributed by atoms with Gasteiger partial charge in [-0.2, -0.15) is 16.4 Å². The molecule has 5 aromatic heterocycles. The van der Waals surface area contributed by atoms with E-state index < -0.39 is 0 Å². The Balaban J connectivity index is 1.14. The van der Waals surface area contributed by atoms with Crippen LogP contribution in [0, 0.1) is 5.92 Å². The topological polar surface area (TPSA) is 108 Å². The van der Waals surface area contributed by atoms with Crippen LogP contribution in [0.4, 0.5) is 11.4 Å². The van der Waals surface area contributed by atoms with Crippen molar-refractivity contribution in [2.75, 3.05) is 10.6 Å². The number of amides is 1. The molecule has 0 bridgehead atoms. The summed E-state index contributed by atoms with van der Waals surface area (Å²) in [4.78, 5) is 26.2. The number of thiophene rings is 1. The van der Waals surface area contributed by atoms with Crippen LogP contribution in [0.1, 0.15) is 42.9 Å². The maximum atomic E-state index is 12.4. The molecule has 8 rings (SSSR count). The Labute approximate surface area is 222 Å². The van der Waals surface area contributed by atoms with E-state index in [1.165, 1.54) is 16.7 Å². The highest BCUT2D eigenvalue weighted by molar-refractivity contribution is 7.08. The van der Waals surface area contributed by atoms with Gasteiger partial charge in [0.2, 0.25) is 5.91 Å². The molecule has 9 heteroatoms. The highest BCUT2D eigenvalue weighted by Crippen LogP contribution is 2.58. The van der Waals surface area contributed by atoms with E-state index in [0.717, 1.165) is 65.0 Å². The van der Waals surface area contributed by atoms with Crippen molar-refractivity contribution in [2.45, 2.75) is 31.6 Å². The van der Waals surface area contributed by atoms with E-state index in [-0.39, 0.29) is 11.8 Å². The number of rotatable bonds is 5. The number of pyridine rings is 3. The first-order valence-electron chi connectivity index (χ1n) is 12.9. The van der Waals surface area contributed by atoms with Crippen LogP contribution in [0.2, 0.25) is 0 Å². The number of carbonyl (C=O) groups is 1. The molecule has 3 N–H and O–H groups in total. The molecule has 1 aliphatic heterocycles. The fourth-order valence-electron chi connectivity index (χ4n) is 5.54. The summed E-state index contributed by atoms with van der Waals surface area (Å²) in [7, 11) is 0. The minimum Gasteiger partial charge on any atom is -0.353 e. The molecule has 2 fully saturated rings. The third-order valence-electron chi connectivity index (χ3n) is 7.87. The molecule has 1 amide bonds. The Kier molecular flexibility index (Phi) is 4.75. The molecule has 0 radical (unpaired) electrons. The van der Waals surface area contributed by atoms with Crippen LogP contribution < -0.4 is 10.6 Å². The molecule has 2 saturated carbocycles. The van der Waals surface area contributed by atoms with E-state index in [9.17, 15) is 4.79 Å². The quantitative estimate of drug-likeness (QED) is 0.256. The van der Waals surface area contributed by atoms with E-state index in [1.54, 1.807) is 23.7 Å². The molecule has 8 nitrogen and oxygen atoms in total. The number of allylic oxidation sites excluding steroid dienone is 1. The number of nitrogens with one attached hydrogen (secondary N) is 3. The van der Waals surface area contributed by atoms with Crippen LogP contribution in [-0.2, 0) is 4.79 Å². The van der Waals surface area contributed by atoms with Crippen molar-refractivity contribution in [1.82, 2.24) is 25.1 Å². The number of nitrogens with zero attached hydrogens (tertiary/aromatic N) is 4. The van der Waals surface area contributed by atoms with Gasteiger partial charge in [-0.25, -0.2) is 4.98 Å². The Morgan fingerprint density at radius 1 is 1.05 bits per heavy atom. The van der Waals surface area contributed by atoms with Crippen molar-refractivity contribution in [2.24, 2.45) is 5.92 Å². The average Bonchev–Trinajstić information content (AvgIpc) is 3.31. The van der Waals surface area contributed by atoms with Gasteiger partial charge in [0.05, 0.1) is 29.0 Å². The summed E-state index contributed by atoms with van der Waals surface area (Å²) in [5.74, 6) is 0.560. The zero-order valence-corrected chi connectivity index (χ0v) is 21.2. The lowest BCUT2D eigenvalue weighted by atomic mass is 9.85. The summed E-state index contributed by atoms with van der Waals surface area (Å²) >= 11 is 1.69. The molecule has 1 atom stereocenters. The molecule has 0 saturated heterocycles. The number of fused-ring (bicyclic) bond motifs is 4. The molecule has 38 heavy (non-hydrogen) atoms. The average molecular weight is 518 g/mol. The van der Waals surface area contributed by atoms with Gasteiger partial charge in [0.25, 0.3) is 0 Å². The number of H-pyrrole nitrogens is 1. The van der Waals surface area contributed by atoms with Crippen LogP contribution in [0.5, 0.6) is 0 Å². The summed E-state index contributed by atoms with van der Waals surface area (Å²) in [6, 6.07) is 8.24. The second-order valence-electron chi connectivity index (χ2n) is 10.2. The van der Waals surface area contributed by atoms with Gasteiger partial charge in [0.1, 0.15) is 0 Å². The van der Waals surface area contributed by atoms with E-state index in [0.29, 0.717) is 17.3 Å². The molecular weight excluding hydrogens is 494 g/mol. The smallest absolute Gasteiger partial charge is 0.227 e. The van der Waals surface area contributed by atoms with Gasteiger partial charge in [0.15, 0.2) is 5.65 Å². The van der Waals surface area contributed by atoms with E-state index in [1.807, 2.05) is 18.5 Å². The van der Waals surface area contributed by atoms with Gasteiger partial charge in [-0.3, -0.25) is 19.9 Å². The fraction of sp³-hybridized carbons (Fsp3) is 0.207. The van der Waals surface area contributed by atoms with Crippen molar-refractivity contribution >= 4 is 45.3 Å². The largest absolute Gasteiger partial charge is 0.353 e. The van der Waals surface area contributed by atoms with Gasteiger partial charge in [0, 0.05) is 69.1 Å². The van der Waals surface area contributed by atoms with Gasteiger partial charge in [-0.05, 0) is 54.5 Å². The fourth-order valence-corrected chi connectivity index (χ4v) is 6.19. The monoisotopic (exact) mass is 517 g/mol. The van der Waals surface area contributed by atoms with Crippen molar-refractivity contribution in [3.8, 4) is 22.4 Å². The van der Waals surface area contributed by atoms with Gasteiger partial charge >= 0.3 is 0 Å². The molecule has 3 aliphatic rings. The number of aromatic amines is 1. The van der Waals surface area contributed by atoms with Crippen molar-refractivity contribution in [3.63, 3.8) is 0 Å². The zero-order valence-electron chi connectivity index (χ0n) is 20.4. The molecule has 2 aliphatic carbocycles. The van der Waals surface area contributed by atoms with Crippen molar-refractivity contribution in [3.05, 3.63) is 76.6 Å². The van der Waals surface area contributed by atoms with Gasteiger partial charge in [-0.15, -0.1) is 0 Å². The summed E-state index contributed by atoms with van der Waals surface area (Å²) in [5, 5.41) is 19.6. The molecule has 1 unspecified atom stereocenters. The second kappa shape index (κ2) is 8.32. The van der Waals surface area contributed by atoms with Crippen molar-refractivity contribution in [1.29, 1.82) is 0 Å². The summed E-state index contributed by atoms with van der Waals surface area (Å²) in [5.41, 5.74) is 11.2. The highest BCUT2D eigenvalue weighted by Gasteiger charge is 2.42. The van der Waals surface area contributed by atoms with E-state index >= 15 is 0 Å². The first-order chi connectivity index (χ1) is 18.7. The predicted octanol–water partition coefficient (Wildman–Crippen LogP) is 6.21. The number of hydrogen-bond acceptors (Lipinski definition) is 7. The van der Waals surface area contributed by atoms with Crippen LogP contribution in [0.3, 0.4) is 0 Å². The molecule has 6 heterocycles. The number of carbonyl (C=O) groups excluding carboxylic acids is 1. The lowest BCUT2D eigenvalue weighted by Crippen LogP contribution is -2.28. The Bertz CT molecular complexity index is 1770. The lowest BCUT2D eigenvalue weighted by Gasteiger charge is -2.24. The molecule has 0 spiro atoms. The van der Waals surface area contributed by atoms with Crippen molar-refractivity contribution < 1.29 is 4.79 Å². The lowest BCUT2D eigenvalue weighted by molar-refractivity contribution is -0.122. The Morgan fingerprint density at radius 3 is 2.82 bits per heavy atom. The minimum absolute atomic E-state index is 0.0781. The SMILES string of the molecule is O=C(Nc1cncc(-c2cnc3n[nH]c(C4=C5CC5c5c(ccnc5-c5ccsc5)N4)c3c2)c1)C1CCC1. The van der Waals surface area contributed by atoms with Crippen LogP contribution >= 0.6 is 11.3 Å². The Morgan fingerprint density at radius 2 is 1.97 bits per heavy atom. The van der Waals surface area contributed by atoms with E-state index in [4.69, 9.17) is 4.98 Å². The zero-order chi connectivity index (χ0) is 25.2. The Hall–Kier alpha value is -4.37. The minimum atomic E-state index is 0.0781. The number of anilines is 2. The van der Waals surface area contributed by atoms with Crippen LogP contribution in [0.25, 0.3) is 39.1 Å².